The lowest BCUT2D eigenvalue weighted by atomic mass is 9.87. The van der Waals surface area contributed by atoms with E-state index in [9.17, 15) is 4.79 Å². The summed E-state index contributed by atoms with van der Waals surface area (Å²) in [7, 11) is 0. The van der Waals surface area contributed by atoms with E-state index in [0.29, 0.717) is 19.0 Å². The van der Waals surface area contributed by atoms with Gasteiger partial charge in [0, 0.05) is 43.5 Å². The van der Waals surface area contributed by atoms with Gasteiger partial charge in [0.1, 0.15) is 10.3 Å². The van der Waals surface area contributed by atoms with E-state index in [1.807, 2.05) is 29.2 Å². The highest BCUT2D eigenvalue weighted by atomic mass is 32.1. The first-order chi connectivity index (χ1) is 15.2. The molecule has 0 bridgehead atoms. The van der Waals surface area contributed by atoms with Gasteiger partial charge in [0.15, 0.2) is 5.13 Å². The van der Waals surface area contributed by atoms with Crippen LogP contribution in [-0.2, 0) is 12.8 Å². The monoisotopic (exact) mass is 431 g/mol. The van der Waals surface area contributed by atoms with Crippen molar-refractivity contribution in [2.24, 2.45) is 5.92 Å². The van der Waals surface area contributed by atoms with Gasteiger partial charge in [-0.1, -0.05) is 30.4 Å². The number of aryl methyl sites for hydroxylation is 1. The Labute approximate surface area is 184 Å². The van der Waals surface area contributed by atoms with Crippen molar-refractivity contribution in [3.63, 3.8) is 0 Å². The first kappa shape index (κ1) is 18.8. The number of H-pyrrole nitrogens is 1. The molecule has 1 atom stereocenters. The van der Waals surface area contributed by atoms with Crippen molar-refractivity contribution >= 4 is 43.6 Å². The highest BCUT2D eigenvalue weighted by Gasteiger charge is 2.27. The number of nitrogens with zero attached hydrogens (tertiary/aromatic N) is 4. The van der Waals surface area contributed by atoms with Crippen LogP contribution in [0, 0.1) is 5.92 Å². The molecule has 1 N–H and O–H groups in total. The summed E-state index contributed by atoms with van der Waals surface area (Å²) >= 11 is 1.62. The second-order valence-electron chi connectivity index (χ2n) is 8.76. The summed E-state index contributed by atoms with van der Waals surface area (Å²) in [6.45, 7) is 5.31. The van der Waals surface area contributed by atoms with Crippen molar-refractivity contribution in [3.05, 3.63) is 53.3 Å². The molecule has 0 saturated carbocycles. The lowest BCUT2D eigenvalue weighted by molar-refractivity contribution is 0.0748. The summed E-state index contributed by atoms with van der Waals surface area (Å²) < 4.78 is 0. The molecule has 6 rings (SSSR count). The number of thiazole rings is 1. The van der Waals surface area contributed by atoms with E-state index in [1.54, 1.807) is 17.5 Å². The number of benzene rings is 1. The van der Waals surface area contributed by atoms with E-state index in [0.717, 1.165) is 52.5 Å². The van der Waals surface area contributed by atoms with Crippen LogP contribution in [0.5, 0.6) is 0 Å². The summed E-state index contributed by atoms with van der Waals surface area (Å²) in [5.41, 5.74) is 5.50. The Balaban J connectivity index is 1.23. The zero-order valence-corrected chi connectivity index (χ0v) is 18.4. The number of para-hydroxylation sites is 1. The Morgan fingerprint density at radius 3 is 2.87 bits per heavy atom. The number of rotatable bonds is 2. The summed E-state index contributed by atoms with van der Waals surface area (Å²) in [5.74, 6) is 0.833. The van der Waals surface area contributed by atoms with Crippen LogP contribution in [0.15, 0.2) is 36.5 Å². The molecule has 1 aliphatic heterocycles. The smallest absolute Gasteiger partial charge is 0.256 e. The third kappa shape index (κ3) is 3.19. The fourth-order valence-electron chi connectivity index (χ4n) is 4.96. The van der Waals surface area contributed by atoms with Gasteiger partial charge in [-0.05, 0) is 48.9 Å². The van der Waals surface area contributed by atoms with Crippen LogP contribution in [0.3, 0.4) is 0 Å². The standard InChI is InChI=1S/C24H25N5OS/c1-15-7-8-19-18(14-15)16-4-2-5-17(21(16)26-19)23(30)28-10-12-29(13-11-28)24-27-20-6-3-9-25-22(20)31-24/h2-6,9,15,26H,7-8,10-14H2,1H3. The molecule has 0 radical (unpaired) electrons. The van der Waals surface area contributed by atoms with Crippen LogP contribution < -0.4 is 4.90 Å². The molecule has 1 saturated heterocycles. The van der Waals surface area contributed by atoms with E-state index in [4.69, 9.17) is 4.98 Å². The second kappa shape index (κ2) is 7.34. The number of fused-ring (bicyclic) bond motifs is 4. The highest BCUT2D eigenvalue weighted by Crippen LogP contribution is 2.33. The maximum Gasteiger partial charge on any atom is 0.256 e. The minimum atomic E-state index is 0.128. The van der Waals surface area contributed by atoms with Gasteiger partial charge >= 0.3 is 0 Å². The Hall–Kier alpha value is -2.93. The topological polar surface area (TPSA) is 65.1 Å². The Morgan fingerprint density at radius 2 is 2.03 bits per heavy atom. The molecule has 7 heteroatoms. The Kier molecular flexibility index (Phi) is 4.45. The average Bonchev–Trinajstić information content (AvgIpc) is 3.40. The Morgan fingerprint density at radius 1 is 1.16 bits per heavy atom. The number of carbonyl (C=O) groups is 1. The average molecular weight is 432 g/mol. The van der Waals surface area contributed by atoms with Crippen LogP contribution >= 0.6 is 11.3 Å². The fourth-order valence-corrected chi connectivity index (χ4v) is 5.92. The lowest BCUT2D eigenvalue weighted by Gasteiger charge is -2.34. The van der Waals surface area contributed by atoms with Crippen molar-refractivity contribution in [1.82, 2.24) is 19.9 Å². The molecule has 1 aliphatic carbocycles. The second-order valence-corrected chi connectivity index (χ2v) is 9.72. The lowest BCUT2D eigenvalue weighted by Crippen LogP contribution is -2.48. The van der Waals surface area contributed by atoms with Crippen molar-refractivity contribution in [2.45, 2.75) is 26.2 Å². The van der Waals surface area contributed by atoms with Crippen LogP contribution in [0.2, 0.25) is 0 Å². The fraction of sp³-hybridized carbons (Fsp3) is 0.375. The van der Waals surface area contributed by atoms with E-state index >= 15 is 0 Å². The summed E-state index contributed by atoms with van der Waals surface area (Å²) in [6, 6.07) is 10.1. The number of nitrogens with one attached hydrogen (secondary N) is 1. The number of aromatic amines is 1. The predicted molar refractivity (Wildman–Crippen MR) is 125 cm³/mol. The normalized spacial score (nSPS) is 19.2. The van der Waals surface area contributed by atoms with E-state index in [2.05, 4.69) is 27.9 Å². The van der Waals surface area contributed by atoms with Crippen molar-refractivity contribution in [2.75, 3.05) is 31.1 Å². The zero-order chi connectivity index (χ0) is 20.9. The summed E-state index contributed by atoms with van der Waals surface area (Å²) in [5, 5.41) is 2.22. The molecule has 0 spiro atoms. The largest absolute Gasteiger partial charge is 0.358 e. The molecular weight excluding hydrogens is 406 g/mol. The molecule has 6 nitrogen and oxygen atoms in total. The zero-order valence-electron chi connectivity index (χ0n) is 17.6. The molecule has 1 unspecified atom stereocenters. The molecule has 3 aromatic heterocycles. The van der Waals surface area contributed by atoms with E-state index < -0.39 is 0 Å². The molecule has 2 aliphatic rings. The van der Waals surface area contributed by atoms with E-state index in [-0.39, 0.29) is 5.91 Å². The number of hydrogen-bond acceptors (Lipinski definition) is 5. The van der Waals surface area contributed by atoms with Crippen LogP contribution in [0.25, 0.3) is 21.3 Å². The summed E-state index contributed by atoms with van der Waals surface area (Å²) in [6.07, 6.45) is 5.20. The van der Waals surface area contributed by atoms with Gasteiger partial charge in [0.05, 0.1) is 11.1 Å². The van der Waals surface area contributed by atoms with Crippen molar-refractivity contribution in [1.29, 1.82) is 0 Å². The number of aromatic nitrogens is 3. The molecular formula is C24H25N5OS. The molecule has 1 fully saturated rings. The molecule has 158 valence electrons. The maximum absolute atomic E-state index is 13.4. The maximum atomic E-state index is 13.4. The van der Waals surface area contributed by atoms with Crippen LogP contribution in [-0.4, -0.2) is 51.9 Å². The third-order valence-electron chi connectivity index (χ3n) is 6.69. The Bertz CT molecular complexity index is 1250. The van der Waals surface area contributed by atoms with Gasteiger partial charge in [-0.25, -0.2) is 9.97 Å². The predicted octanol–water partition coefficient (Wildman–Crippen LogP) is 4.26. The van der Waals surface area contributed by atoms with Gasteiger partial charge < -0.3 is 14.8 Å². The SMILES string of the molecule is CC1CCc2[nH]c3c(C(=O)N4CCN(c5nc6cccnc6s5)CC4)cccc3c2C1. The van der Waals surface area contributed by atoms with Gasteiger partial charge in [0.25, 0.3) is 5.91 Å². The summed E-state index contributed by atoms with van der Waals surface area (Å²) in [4.78, 5) is 31.4. The number of anilines is 1. The number of amides is 1. The number of pyridine rings is 1. The molecule has 4 heterocycles. The van der Waals surface area contributed by atoms with Gasteiger partial charge in [0.2, 0.25) is 0 Å². The van der Waals surface area contributed by atoms with Gasteiger partial charge in [-0.15, -0.1) is 0 Å². The minimum Gasteiger partial charge on any atom is -0.358 e. The van der Waals surface area contributed by atoms with E-state index in [1.165, 1.54) is 23.1 Å². The van der Waals surface area contributed by atoms with Gasteiger partial charge in [-0.2, -0.15) is 0 Å². The quantitative estimate of drug-likeness (QED) is 0.515. The number of carbonyl (C=O) groups excluding carboxylic acids is 1. The minimum absolute atomic E-state index is 0.128. The third-order valence-corrected chi connectivity index (χ3v) is 7.73. The van der Waals surface area contributed by atoms with Gasteiger partial charge in [-0.3, -0.25) is 4.79 Å². The molecule has 1 amide bonds. The number of hydrogen-bond donors (Lipinski definition) is 1. The number of piperazine rings is 1. The first-order valence-corrected chi connectivity index (χ1v) is 11.9. The molecule has 31 heavy (non-hydrogen) atoms. The molecule has 1 aromatic carbocycles. The molecule has 4 aromatic rings. The van der Waals surface area contributed by atoms with Crippen LogP contribution in [0.4, 0.5) is 5.13 Å². The highest BCUT2D eigenvalue weighted by molar-refractivity contribution is 7.21. The van der Waals surface area contributed by atoms with Crippen LogP contribution in [0.1, 0.15) is 35.0 Å². The van der Waals surface area contributed by atoms with Crippen molar-refractivity contribution in [3.8, 4) is 0 Å². The first-order valence-electron chi connectivity index (χ1n) is 11.1. The van der Waals surface area contributed by atoms with Crippen molar-refractivity contribution < 1.29 is 4.79 Å².